The molecule has 12 heteroatoms. The summed E-state index contributed by atoms with van der Waals surface area (Å²) in [6.45, 7) is 1.54. The molecule has 4 rings (SSSR count). The first kappa shape index (κ1) is 25.8. The number of anilines is 3. The molecule has 9 nitrogen and oxygen atoms in total. The van der Waals surface area contributed by atoms with Crippen LogP contribution < -0.4 is 72.0 Å². The number of hydrogen-bond acceptors (Lipinski definition) is 6. The number of carboxylic acids is 1. The van der Waals surface area contributed by atoms with Crippen molar-refractivity contribution in [3.63, 3.8) is 0 Å². The van der Waals surface area contributed by atoms with E-state index < -0.39 is 12.0 Å². The van der Waals surface area contributed by atoms with Gasteiger partial charge in [0, 0.05) is 35.7 Å². The number of aromatic nitrogens is 3. The zero-order valence-electron chi connectivity index (χ0n) is 18.0. The van der Waals surface area contributed by atoms with E-state index in [1.165, 1.54) is 6.07 Å². The first-order chi connectivity index (χ1) is 15.4. The van der Waals surface area contributed by atoms with E-state index in [-0.39, 0.29) is 56.9 Å². The molecule has 0 aliphatic carbocycles. The average molecular weight is 509 g/mol. The van der Waals surface area contributed by atoms with Crippen LogP contribution in [0.1, 0.15) is 29.6 Å². The van der Waals surface area contributed by atoms with Gasteiger partial charge >= 0.3 is 57.4 Å². The third-order valence-corrected chi connectivity index (χ3v) is 5.79. The maximum absolute atomic E-state index is 12.6. The number of hydrogen-bond donors (Lipinski definition) is 4. The normalized spacial score (nSPS) is 13.2. The van der Waals surface area contributed by atoms with Gasteiger partial charge in [0.2, 0.25) is 0 Å². The Morgan fingerprint density at radius 1 is 0.909 bits per heavy atom. The average Bonchev–Trinajstić information content (AvgIpc) is 3.12. The molecule has 0 atom stereocenters. The summed E-state index contributed by atoms with van der Waals surface area (Å²) in [5.41, 5.74) is 2.39. The maximum Gasteiger partial charge on any atom is 1.00 e. The number of carbonyl (C=O) groups is 2. The molecule has 1 aromatic heterocycles. The van der Waals surface area contributed by atoms with Crippen molar-refractivity contribution in [2.45, 2.75) is 19.3 Å². The summed E-state index contributed by atoms with van der Waals surface area (Å²) in [5, 5.41) is 22.6. The number of benzene rings is 2. The molecule has 0 unspecified atom stereocenters. The molecule has 0 spiro atoms. The second kappa shape index (κ2) is 11.6. The Morgan fingerprint density at radius 2 is 1.55 bits per heavy atom. The Bertz CT molecular complexity index is 1250. The number of H-pyrrole nitrogens is 2. The van der Waals surface area contributed by atoms with Crippen molar-refractivity contribution in [2.24, 2.45) is 0 Å². The Labute approximate surface area is 243 Å². The summed E-state index contributed by atoms with van der Waals surface area (Å²) < 4.78 is 2.46. The molecule has 2 aromatic carbocycles. The Kier molecular flexibility index (Phi) is 9.04. The molecule has 1 fully saturated rings. The fraction of sp³-hybridized carbons (Fsp3) is 0.238. The second-order valence-corrected chi connectivity index (χ2v) is 8.17. The number of piperidine rings is 1. The number of carboxylic acid groups (broad SMARTS) is 1. The van der Waals surface area contributed by atoms with Crippen LogP contribution in [0.25, 0.3) is 5.69 Å². The Morgan fingerprint density at radius 3 is 2.18 bits per heavy atom. The molecular formula is C21H21KN6O3S2. The summed E-state index contributed by atoms with van der Waals surface area (Å²) in [6, 6.07) is 11.3. The van der Waals surface area contributed by atoms with E-state index in [1.807, 2.05) is 11.0 Å². The van der Waals surface area contributed by atoms with Crippen LogP contribution in [0.15, 0.2) is 42.5 Å². The van der Waals surface area contributed by atoms with Crippen molar-refractivity contribution >= 4 is 53.5 Å². The molecule has 3 aromatic rings. The van der Waals surface area contributed by atoms with Gasteiger partial charge in [-0.05, 0) is 80.1 Å². The maximum atomic E-state index is 12.6. The van der Waals surface area contributed by atoms with E-state index in [4.69, 9.17) is 24.4 Å². The summed E-state index contributed by atoms with van der Waals surface area (Å²) in [5.74, 6) is -1.24. The van der Waals surface area contributed by atoms with Crippen molar-refractivity contribution in [3.05, 3.63) is 57.6 Å². The van der Waals surface area contributed by atoms with Gasteiger partial charge in [0.25, 0.3) is 0 Å². The molecule has 1 aliphatic heterocycles. The molecule has 33 heavy (non-hydrogen) atoms. The monoisotopic (exact) mass is 508 g/mol. The minimum atomic E-state index is -1.24. The van der Waals surface area contributed by atoms with Gasteiger partial charge in [0.15, 0.2) is 9.54 Å². The third-order valence-electron chi connectivity index (χ3n) is 5.22. The minimum absolute atomic E-state index is 0. The molecule has 2 heterocycles. The summed E-state index contributed by atoms with van der Waals surface area (Å²) in [6.07, 6.45) is 3.11. The summed E-state index contributed by atoms with van der Waals surface area (Å²) in [4.78, 5) is 26.2. The van der Waals surface area contributed by atoms with Gasteiger partial charge in [-0.3, -0.25) is 14.8 Å². The van der Waals surface area contributed by atoms with Crippen molar-refractivity contribution in [1.29, 1.82) is 0 Å². The van der Waals surface area contributed by atoms with E-state index in [2.05, 4.69) is 20.8 Å². The van der Waals surface area contributed by atoms with E-state index in [0.29, 0.717) is 32.3 Å². The van der Waals surface area contributed by atoms with Crippen LogP contribution >= 0.6 is 24.4 Å². The standard InChI is InChI=1S/C21H22N6O3S2.K/c28-18(29)16-8-7-14(12-17(16)26-9-2-1-3-10-26)23-19(30)22-13-5-4-6-15(11-13)27-20(31)24-25-21(27)32;/h4-8,11-12H,1-3,9-10H2,(H,24,31)(H,25,32)(H,28,29)(H2,22,23,30);/q;+1/p-1. The van der Waals surface area contributed by atoms with Gasteiger partial charge in [0.05, 0.1) is 11.7 Å². The number of nitrogens with zero attached hydrogens (tertiary/aromatic N) is 2. The third kappa shape index (κ3) is 6.21. The Balaban J connectivity index is 0.00000306. The van der Waals surface area contributed by atoms with Crippen molar-refractivity contribution in [2.75, 3.05) is 28.6 Å². The van der Waals surface area contributed by atoms with E-state index in [1.54, 1.807) is 34.9 Å². The van der Waals surface area contributed by atoms with Crippen LogP contribution in [-0.4, -0.2) is 39.9 Å². The van der Waals surface area contributed by atoms with Crippen LogP contribution in [0.5, 0.6) is 0 Å². The first-order valence-corrected chi connectivity index (χ1v) is 10.9. The molecule has 0 bridgehead atoms. The van der Waals surface area contributed by atoms with Crippen LogP contribution in [0, 0.1) is 9.54 Å². The zero-order valence-corrected chi connectivity index (χ0v) is 22.8. The van der Waals surface area contributed by atoms with E-state index in [0.717, 1.165) is 32.4 Å². The van der Waals surface area contributed by atoms with Crippen LogP contribution in [0.4, 0.5) is 21.9 Å². The molecular weight excluding hydrogens is 488 g/mol. The van der Waals surface area contributed by atoms with E-state index >= 15 is 0 Å². The summed E-state index contributed by atoms with van der Waals surface area (Å²) in [7, 11) is 0. The quantitative estimate of drug-likeness (QED) is 0.296. The molecule has 2 amide bonds. The molecule has 1 saturated heterocycles. The summed E-state index contributed by atoms with van der Waals surface area (Å²) >= 11 is 10.5. The number of aromatic amines is 2. The number of amides is 2. The number of aromatic carboxylic acids is 1. The van der Waals surface area contributed by atoms with Crippen LogP contribution in [0.3, 0.4) is 0 Å². The topological polar surface area (TPSA) is 121 Å². The smallest absolute Gasteiger partial charge is 0.545 e. The number of nitrogens with one attached hydrogen (secondary N) is 4. The van der Waals surface area contributed by atoms with Gasteiger partial charge < -0.3 is 25.4 Å². The van der Waals surface area contributed by atoms with Crippen molar-refractivity contribution in [1.82, 2.24) is 14.8 Å². The number of urea groups is 1. The van der Waals surface area contributed by atoms with Gasteiger partial charge in [-0.15, -0.1) is 0 Å². The first-order valence-electron chi connectivity index (χ1n) is 10.1. The molecule has 4 N–H and O–H groups in total. The predicted molar refractivity (Wildman–Crippen MR) is 126 cm³/mol. The fourth-order valence-corrected chi connectivity index (χ4v) is 4.29. The molecule has 0 radical (unpaired) electrons. The SMILES string of the molecule is O=C(Nc1cccc(-n2c(=S)[nH][nH]c2=S)c1)Nc1ccc(C(=O)[O-])c(N2CCCCC2)c1.[K+]. The predicted octanol–water partition coefficient (Wildman–Crippen LogP) is 0.594. The van der Waals surface area contributed by atoms with Crippen LogP contribution in [0.2, 0.25) is 0 Å². The van der Waals surface area contributed by atoms with Crippen molar-refractivity contribution < 1.29 is 66.1 Å². The number of rotatable bonds is 5. The minimum Gasteiger partial charge on any atom is -0.545 e. The molecule has 166 valence electrons. The second-order valence-electron chi connectivity index (χ2n) is 7.39. The van der Waals surface area contributed by atoms with Gasteiger partial charge in [0.1, 0.15) is 0 Å². The zero-order chi connectivity index (χ0) is 22.7. The molecule has 1 aliphatic rings. The van der Waals surface area contributed by atoms with Gasteiger partial charge in [-0.1, -0.05) is 6.07 Å². The van der Waals surface area contributed by atoms with Gasteiger partial charge in [-0.25, -0.2) is 4.79 Å². The molecule has 0 saturated carbocycles. The largest absolute Gasteiger partial charge is 1.00 e. The fourth-order valence-electron chi connectivity index (χ4n) is 3.74. The van der Waals surface area contributed by atoms with Gasteiger partial charge in [-0.2, -0.15) is 0 Å². The Hall–Kier alpha value is -1.80. The van der Waals surface area contributed by atoms with Crippen molar-refractivity contribution in [3.8, 4) is 5.69 Å². The number of carbonyl (C=O) groups excluding carboxylic acids is 2. The van der Waals surface area contributed by atoms with E-state index in [9.17, 15) is 14.7 Å². The van der Waals surface area contributed by atoms with Crippen LogP contribution in [-0.2, 0) is 0 Å².